The van der Waals surface area contributed by atoms with Crippen LogP contribution in [-0.2, 0) is 4.74 Å². The normalized spacial score (nSPS) is 20.0. The van der Waals surface area contributed by atoms with Gasteiger partial charge in [0, 0.05) is 24.6 Å². The monoisotopic (exact) mass is 233 g/mol. The van der Waals surface area contributed by atoms with Crippen LogP contribution in [0.2, 0.25) is 0 Å². The largest absolute Gasteiger partial charge is 0.380 e. The molecule has 0 aromatic rings. The average Bonchev–Trinajstić information content (AvgIpc) is 2.66. The van der Waals surface area contributed by atoms with Crippen molar-refractivity contribution in [1.29, 1.82) is 0 Å². The van der Waals surface area contributed by atoms with Crippen LogP contribution in [0, 0.1) is 5.92 Å². The molecule has 1 aliphatic rings. The van der Waals surface area contributed by atoms with Crippen LogP contribution >= 0.6 is 11.6 Å². The Balaban J connectivity index is 2.07. The zero-order valence-corrected chi connectivity index (χ0v) is 10.8. The number of ether oxygens (including phenoxy) is 1. The summed E-state index contributed by atoms with van der Waals surface area (Å²) in [7, 11) is 0. The Kier molecular flexibility index (Phi) is 5.95. The van der Waals surface area contributed by atoms with Crippen molar-refractivity contribution in [2.45, 2.75) is 45.1 Å². The molecule has 0 bridgehead atoms. The van der Waals surface area contributed by atoms with Gasteiger partial charge in [-0.15, -0.1) is 11.6 Å². The van der Waals surface area contributed by atoms with Gasteiger partial charge in [0.25, 0.3) is 0 Å². The summed E-state index contributed by atoms with van der Waals surface area (Å²) in [5.74, 6) is 1.36. The van der Waals surface area contributed by atoms with Crippen molar-refractivity contribution in [3.8, 4) is 0 Å². The molecule has 1 rings (SSSR count). The van der Waals surface area contributed by atoms with Crippen LogP contribution < -0.4 is 5.32 Å². The summed E-state index contributed by atoms with van der Waals surface area (Å²) >= 11 is 6.02. The third-order valence-corrected chi connectivity index (χ3v) is 3.53. The van der Waals surface area contributed by atoms with Crippen molar-refractivity contribution in [3.63, 3.8) is 0 Å². The summed E-state index contributed by atoms with van der Waals surface area (Å²) in [4.78, 5) is 0. The fraction of sp³-hybridized carbons (Fsp3) is 1.00. The third kappa shape index (κ3) is 4.71. The first-order chi connectivity index (χ1) is 7.18. The number of halogens is 1. The van der Waals surface area contributed by atoms with E-state index in [0.29, 0.717) is 5.92 Å². The van der Waals surface area contributed by atoms with Crippen molar-refractivity contribution < 1.29 is 4.74 Å². The van der Waals surface area contributed by atoms with Crippen LogP contribution in [-0.4, -0.2) is 31.2 Å². The number of nitrogens with one attached hydrogen (secondary N) is 1. The van der Waals surface area contributed by atoms with Crippen LogP contribution in [0.15, 0.2) is 0 Å². The molecule has 0 saturated heterocycles. The van der Waals surface area contributed by atoms with E-state index in [1.807, 2.05) is 0 Å². The van der Waals surface area contributed by atoms with E-state index in [-0.39, 0.29) is 5.54 Å². The predicted octanol–water partition coefficient (Wildman–Crippen LogP) is 2.80. The average molecular weight is 234 g/mol. The minimum atomic E-state index is 0.211. The molecule has 15 heavy (non-hydrogen) atoms. The molecule has 0 aliphatic heterocycles. The van der Waals surface area contributed by atoms with Gasteiger partial charge in [0.1, 0.15) is 0 Å². The van der Waals surface area contributed by atoms with E-state index in [4.69, 9.17) is 16.3 Å². The first kappa shape index (κ1) is 13.3. The van der Waals surface area contributed by atoms with Crippen molar-refractivity contribution in [2.75, 3.05) is 25.6 Å². The van der Waals surface area contributed by atoms with E-state index in [9.17, 15) is 0 Å². The first-order valence-corrected chi connectivity index (χ1v) is 6.61. The van der Waals surface area contributed by atoms with E-state index in [1.54, 1.807) is 0 Å². The number of hydrogen-bond donors (Lipinski definition) is 1. The topological polar surface area (TPSA) is 21.3 Å². The summed E-state index contributed by atoms with van der Waals surface area (Å²) in [6.07, 6.45) is 5.07. The van der Waals surface area contributed by atoms with Crippen LogP contribution in [0.3, 0.4) is 0 Å². The Morgan fingerprint density at radius 3 is 2.53 bits per heavy atom. The van der Waals surface area contributed by atoms with Gasteiger partial charge in [0.15, 0.2) is 0 Å². The van der Waals surface area contributed by atoms with Gasteiger partial charge in [-0.3, -0.25) is 0 Å². The van der Waals surface area contributed by atoms with Gasteiger partial charge in [-0.2, -0.15) is 0 Å². The Bertz CT molecular complexity index is 167. The highest BCUT2D eigenvalue weighted by atomic mass is 35.5. The number of alkyl halides is 1. The fourth-order valence-corrected chi connectivity index (χ4v) is 2.48. The van der Waals surface area contributed by atoms with Gasteiger partial charge in [-0.1, -0.05) is 26.7 Å². The van der Waals surface area contributed by atoms with E-state index in [2.05, 4.69) is 19.2 Å². The Morgan fingerprint density at radius 1 is 1.33 bits per heavy atom. The molecule has 0 radical (unpaired) electrons. The lowest BCUT2D eigenvalue weighted by Crippen LogP contribution is -2.46. The molecule has 3 heteroatoms. The Labute approximate surface area is 98.7 Å². The smallest absolute Gasteiger partial charge is 0.0591 e. The van der Waals surface area contributed by atoms with Gasteiger partial charge in [0.2, 0.25) is 0 Å². The Morgan fingerprint density at radius 2 is 2.00 bits per heavy atom. The van der Waals surface area contributed by atoms with Gasteiger partial charge in [-0.25, -0.2) is 0 Å². The lowest BCUT2D eigenvalue weighted by molar-refractivity contribution is 0.106. The third-order valence-electron chi connectivity index (χ3n) is 3.01. The highest BCUT2D eigenvalue weighted by Crippen LogP contribution is 2.30. The lowest BCUT2D eigenvalue weighted by atomic mass is 10.0. The van der Waals surface area contributed by atoms with E-state index in [0.717, 1.165) is 25.6 Å². The van der Waals surface area contributed by atoms with Crippen molar-refractivity contribution in [3.05, 3.63) is 0 Å². The lowest BCUT2D eigenvalue weighted by Gasteiger charge is -2.28. The minimum Gasteiger partial charge on any atom is -0.380 e. The summed E-state index contributed by atoms with van der Waals surface area (Å²) in [5.41, 5.74) is 0.211. The van der Waals surface area contributed by atoms with E-state index < -0.39 is 0 Å². The summed E-state index contributed by atoms with van der Waals surface area (Å²) in [6, 6.07) is 0. The molecule has 1 fully saturated rings. The van der Waals surface area contributed by atoms with Gasteiger partial charge >= 0.3 is 0 Å². The second-order valence-corrected chi connectivity index (χ2v) is 5.28. The van der Waals surface area contributed by atoms with Crippen LogP contribution in [0.25, 0.3) is 0 Å². The molecule has 1 aliphatic carbocycles. The summed E-state index contributed by atoms with van der Waals surface area (Å²) < 4.78 is 5.54. The van der Waals surface area contributed by atoms with Crippen LogP contribution in [0.1, 0.15) is 39.5 Å². The molecule has 1 N–H and O–H groups in total. The molecule has 0 atom stereocenters. The second kappa shape index (κ2) is 6.72. The molecule has 0 spiro atoms. The number of hydrogen-bond acceptors (Lipinski definition) is 2. The highest BCUT2D eigenvalue weighted by molar-refractivity contribution is 6.18. The van der Waals surface area contributed by atoms with E-state index in [1.165, 1.54) is 25.7 Å². The molecular formula is C12H24ClNO. The zero-order chi connectivity index (χ0) is 11.1. The SMILES string of the molecule is CC(C)COCCNC1(CCl)CCCC1. The molecule has 0 amide bonds. The van der Waals surface area contributed by atoms with Crippen molar-refractivity contribution in [1.82, 2.24) is 5.32 Å². The van der Waals surface area contributed by atoms with Gasteiger partial charge < -0.3 is 10.1 Å². The Hall–Kier alpha value is 0.210. The molecule has 90 valence electrons. The summed E-state index contributed by atoms with van der Waals surface area (Å²) in [6.45, 7) is 6.93. The molecule has 0 aromatic carbocycles. The second-order valence-electron chi connectivity index (χ2n) is 5.02. The van der Waals surface area contributed by atoms with Gasteiger partial charge in [0.05, 0.1) is 6.61 Å². The molecular weight excluding hydrogens is 210 g/mol. The fourth-order valence-electron chi connectivity index (χ4n) is 2.12. The maximum Gasteiger partial charge on any atom is 0.0591 e. The maximum atomic E-state index is 6.02. The first-order valence-electron chi connectivity index (χ1n) is 6.07. The molecule has 0 aromatic heterocycles. The van der Waals surface area contributed by atoms with E-state index >= 15 is 0 Å². The van der Waals surface area contributed by atoms with Gasteiger partial charge in [-0.05, 0) is 18.8 Å². The molecule has 2 nitrogen and oxygen atoms in total. The quantitative estimate of drug-likeness (QED) is 0.540. The predicted molar refractivity (Wildman–Crippen MR) is 65.6 cm³/mol. The van der Waals surface area contributed by atoms with Crippen molar-refractivity contribution in [2.24, 2.45) is 5.92 Å². The van der Waals surface area contributed by atoms with Crippen molar-refractivity contribution >= 4 is 11.6 Å². The molecule has 0 heterocycles. The summed E-state index contributed by atoms with van der Waals surface area (Å²) in [5, 5.41) is 3.56. The molecule has 0 unspecified atom stereocenters. The maximum absolute atomic E-state index is 6.02. The number of rotatable bonds is 7. The standard InChI is InChI=1S/C12H24ClNO/c1-11(2)9-15-8-7-14-12(10-13)5-3-4-6-12/h11,14H,3-10H2,1-2H3. The minimum absolute atomic E-state index is 0.211. The highest BCUT2D eigenvalue weighted by Gasteiger charge is 2.31. The molecule has 1 saturated carbocycles. The van der Waals surface area contributed by atoms with Crippen LogP contribution in [0.5, 0.6) is 0 Å². The zero-order valence-electron chi connectivity index (χ0n) is 10.0. The van der Waals surface area contributed by atoms with Crippen LogP contribution in [0.4, 0.5) is 0 Å².